The molecule has 3 rings (SSSR count). The first-order valence-corrected chi connectivity index (χ1v) is 9.21. The molecule has 1 heterocycles. The summed E-state index contributed by atoms with van der Waals surface area (Å²) in [4.78, 5) is 12.4. The Morgan fingerprint density at radius 3 is 2.65 bits per heavy atom. The Bertz CT molecular complexity index is 920. The van der Waals surface area contributed by atoms with E-state index in [2.05, 4.69) is 33.3 Å². The van der Waals surface area contributed by atoms with Gasteiger partial charge in [-0.3, -0.25) is 9.48 Å². The number of rotatable bonds is 5. The Balaban J connectivity index is 1.76. The zero-order valence-corrected chi connectivity index (χ0v) is 16.3. The molecule has 0 unspecified atom stereocenters. The molecule has 0 radical (unpaired) electrons. The Morgan fingerprint density at radius 1 is 1.27 bits per heavy atom. The van der Waals surface area contributed by atoms with Crippen LogP contribution >= 0.6 is 27.5 Å². The molecule has 26 heavy (non-hydrogen) atoms. The first-order valence-electron chi connectivity index (χ1n) is 8.04. The second-order valence-corrected chi connectivity index (χ2v) is 6.99. The molecule has 0 spiro atoms. The van der Waals surface area contributed by atoms with Crippen LogP contribution in [0.5, 0.6) is 0 Å². The van der Waals surface area contributed by atoms with Crippen molar-refractivity contribution < 1.29 is 9.18 Å². The Kier molecular flexibility index (Phi) is 5.74. The molecule has 1 N–H and O–H groups in total. The van der Waals surface area contributed by atoms with Crippen LogP contribution in [-0.4, -0.2) is 15.7 Å². The summed E-state index contributed by atoms with van der Waals surface area (Å²) in [7, 11) is 0. The minimum atomic E-state index is -0.397. The molecule has 0 saturated carbocycles. The molecule has 134 valence electrons. The van der Waals surface area contributed by atoms with Crippen LogP contribution < -0.4 is 5.32 Å². The van der Waals surface area contributed by atoms with Gasteiger partial charge in [-0.05, 0) is 52.2 Å². The molecule has 2 aromatic carbocycles. The predicted octanol–water partition coefficient (Wildman–Crippen LogP) is 5.30. The van der Waals surface area contributed by atoms with Crippen LogP contribution in [0.1, 0.15) is 28.4 Å². The van der Waals surface area contributed by atoms with Crippen LogP contribution in [0.25, 0.3) is 0 Å². The van der Waals surface area contributed by atoms with Crippen LogP contribution in [-0.2, 0) is 13.0 Å². The molecule has 0 aliphatic carbocycles. The molecular formula is C19H16BrClFN3O. The van der Waals surface area contributed by atoms with Crippen LogP contribution in [0.3, 0.4) is 0 Å². The summed E-state index contributed by atoms with van der Waals surface area (Å²) >= 11 is 9.42. The number of aryl methyl sites for hydroxylation is 1. The molecule has 0 bridgehead atoms. The van der Waals surface area contributed by atoms with Crippen LogP contribution in [0.4, 0.5) is 10.2 Å². The lowest BCUT2D eigenvalue weighted by atomic mass is 10.1. The third-order valence-corrected chi connectivity index (χ3v) is 4.89. The second kappa shape index (κ2) is 8.01. The van der Waals surface area contributed by atoms with Crippen molar-refractivity contribution >= 4 is 39.3 Å². The van der Waals surface area contributed by atoms with Gasteiger partial charge in [0.2, 0.25) is 0 Å². The van der Waals surface area contributed by atoms with Gasteiger partial charge in [0.25, 0.3) is 5.91 Å². The molecule has 7 heteroatoms. The smallest absolute Gasteiger partial charge is 0.256 e. The van der Waals surface area contributed by atoms with Gasteiger partial charge in [0, 0.05) is 22.3 Å². The van der Waals surface area contributed by atoms with Gasteiger partial charge in [0.15, 0.2) is 5.82 Å². The Morgan fingerprint density at radius 2 is 2.00 bits per heavy atom. The van der Waals surface area contributed by atoms with Gasteiger partial charge in [-0.1, -0.05) is 36.7 Å². The highest BCUT2D eigenvalue weighted by Gasteiger charge is 2.14. The monoisotopic (exact) mass is 435 g/mol. The third kappa shape index (κ3) is 4.14. The number of nitrogens with zero attached hydrogens (tertiary/aromatic N) is 2. The number of aromatic nitrogens is 2. The maximum atomic E-state index is 13.9. The van der Waals surface area contributed by atoms with E-state index in [1.807, 2.05) is 12.1 Å². The average Bonchev–Trinajstić information content (AvgIpc) is 2.97. The largest absolute Gasteiger partial charge is 0.304 e. The predicted molar refractivity (Wildman–Crippen MR) is 104 cm³/mol. The summed E-state index contributed by atoms with van der Waals surface area (Å²) in [6.07, 6.45) is 2.58. The molecule has 0 aliphatic heterocycles. The number of hydrogen-bond acceptors (Lipinski definition) is 2. The number of nitrogens with one attached hydrogen (secondary N) is 1. The van der Waals surface area contributed by atoms with Crippen molar-refractivity contribution in [2.24, 2.45) is 0 Å². The summed E-state index contributed by atoms with van der Waals surface area (Å²) in [5, 5.41) is 7.39. The number of halogens is 3. The Hall–Kier alpha value is -2.18. The lowest BCUT2D eigenvalue weighted by molar-refractivity contribution is 0.102. The van der Waals surface area contributed by atoms with Crippen molar-refractivity contribution in [1.82, 2.24) is 9.78 Å². The maximum absolute atomic E-state index is 13.9. The highest BCUT2D eigenvalue weighted by atomic mass is 79.9. The zero-order valence-electron chi connectivity index (χ0n) is 14.0. The van der Waals surface area contributed by atoms with Gasteiger partial charge >= 0.3 is 0 Å². The van der Waals surface area contributed by atoms with Crippen molar-refractivity contribution in [1.29, 1.82) is 0 Å². The third-order valence-electron chi connectivity index (χ3n) is 3.96. The number of benzene rings is 2. The SMILES string of the molecule is CCc1ccc(C(=O)Nc2nn(Cc3c(F)cccc3Cl)cc2Br)cc1. The van der Waals surface area contributed by atoms with Gasteiger partial charge in [-0.15, -0.1) is 0 Å². The summed E-state index contributed by atoms with van der Waals surface area (Å²) in [5.41, 5.74) is 2.05. The molecule has 1 aromatic heterocycles. The van der Waals surface area contributed by atoms with E-state index >= 15 is 0 Å². The summed E-state index contributed by atoms with van der Waals surface area (Å²) < 4.78 is 16.0. The number of hydrogen-bond donors (Lipinski definition) is 1. The fraction of sp³-hybridized carbons (Fsp3) is 0.158. The highest BCUT2D eigenvalue weighted by Crippen LogP contribution is 2.24. The standard InChI is InChI=1S/C19H16BrClFN3O/c1-2-12-6-8-13(9-7-12)19(26)23-18-15(20)11-25(24-18)10-14-16(21)4-3-5-17(14)22/h3-9,11H,2,10H2,1H3,(H,23,24,26). The van der Waals surface area contributed by atoms with Gasteiger partial charge in [0.05, 0.1) is 11.0 Å². The summed E-state index contributed by atoms with van der Waals surface area (Å²) in [6, 6.07) is 11.9. The average molecular weight is 437 g/mol. The molecule has 4 nitrogen and oxygen atoms in total. The second-order valence-electron chi connectivity index (χ2n) is 5.73. The van der Waals surface area contributed by atoms with Gasteiger partial charge in [-0.25, -0.2) is 4.39 Å². The lowest BCUT2D eigenvalue weighted by Crippen LogP contribution is -2.13. The fourth-order valence-corrected chi connectivity index (χ4v) is 3.12. The highest BCUT2D eigenvalue weighted by molar-refractivity contribution is 9.10. The summed E-state index contributed by atoms with van der Waals surface area (Å²) in [5.74, 6) is -0.296. The van der Waals surface area contributed by atoms with Crippen molar-refractivity contribution in [2.45, 2.75) is 19.9 Å². The maximum Gasteiger partial charge on any atom is 0.256 e. The van der Waals surface area contributed by atoms with Crippen molar-refractivity contribution in [3.05, 3.63) is 80.7 Å². The molecule has 1 amide bonds. The van der Waals surface area contributed by atoms with Crippen LogP contribution in [0.2, 0.25) is 5.02 Å². The minimum absolute atomic E-state index is 0.158. The van der Waals surface area contributed by atoms with Crippen LogP contribution in [0.15, 0.2) is 53.1 Å². The zero-order chi connectivity index (χ0) is 18.7. The van der Waals surface area contributed by atoms with E-state index in [1.54, 1.807) is 30.5 Å². The molecular weight excluding hydrogens is 421 g/mol. The minimum Gasteiger partial charge on any atom is -0.304 e. The first-order chi connectivity index (χ1) is 12.5. The normalized spacial score (nSPS) is 10.8. The quantitative estimate of drug-likeness (QED) is 0.590. The van der Waals surface area contributed by atoms with Gasteiger partial charge in [-0.2, -0.15) is 5.10 Å². The molecule has 0 aliphatic rings. The van der Waals surface area contributed by atoms with E-state index in [0.717, 1.165) is 12.0 Å². The van der Waals surface area contributed by atoms with Gasteiger partial charge in [0.1, 0.15) is 5.82 Å². The Labute approximate surface area is 164 Å². The topological polar surface area (TPSA) is 46.9 Å². The number of amides is 1. The van der Waals surface area contributed by atoms with E-state index in [4.69, 9.17) is 11.6 Å². The number of carbonyl (C=O) groups excluding carboxylic acids is 1. The molecule has 0 saturated heterocycles. The van der Waals surface area contributed by atoms with Crippen molar-refractivity contribution in [2.75, 3.05) is 5.32 Å². The summed E-state index contributed by atoms with van der Waals surface area (Å²) in [6.45, 7) is 2.21. The molecule has 3 aromatic rings. The first kappa shape index (κ1) is 18.6. The molecule has 0 atom stereocenters. The van der Waals surface area contributed by atoms with E-state index in [1.165, 1.54) is 10.7 Å². The van der Waals surface area contributed by atoms with E-state index in [0.29, 0.717) is 26.4 Å². The van der Waals surface area contributed by atoms with E-state index in [-0.39, 0.29) is 12.5 Å². The molecule has 0 fully saturated rings. The fourth-order valence-electron chi connectivity index (χ4n) is 2.48. The van der Waals surface area contributed by atoms with Crippen molar-refractivity contribution in [3.63, 3.8) is 0 Å². The van der Waals surface area contributed by atoms with Crippen LogP contribution in [0, 0.1) is 5.82 Å². The van der Waals surface area contributed by atoms with Gasteiger partial charge < -0.3 is 5.32 Å². The number of carbonyl (C=O) groups is 1. The van der Waals surface area contributed by atoms with E-state index in [9.17, 15) is 9.18 Å². The van der Waals surface area contributed by atoms with Crippen molar-refractivity contribution in [3.8, 4) is 0 Å². The lowest BCUT2D eigenvalue weighted by Gasteiger charge is -2.06. The number of anilines is 1. The van der Waals surface area contributed by atoms with E-state index < -0.39 is 5.82 Å².